The molecule has 14 heavy (non-hydrogen) atoms. The summed E-state index contributed by atoms with van der Waals surface area (Å²) in [7, 11) is -12.5. The van der Waals surface area contributed by atoms with E-state index in [0.717, 1.165) is 0 Å². The Balaban J connectivity index is 2.62. The maximum absolute atomic E-state index is 10.7. The third kappa shape index (κ3) is 4.21. The van der Waals surface area contributed by atoms with Crippen LogP contribution in [0.3, 0.4) is 0 Å². The van der Waals surface area contributed by atoms with Gasteiger partial charge < -0.3 is 19.3 Å². The molecule has 0 bridgehead atoms. The van der Waals surface area contributed by atoms with E-state index in [0.29, 0.717) is 0 Å². The third-order valence-electron chi connectivity index (χ3n) is 0.789. The monoisotopic (exact) mass is 283 g/mol. The summed E-state index contributed by atoms with van der Waals surface area (Å²) in [5.41, 5.74) is 0. The molecule has 1 heterocycles. The molecule has 0 aromatic carbocycles. The van der Waals surface area contributed by atoms with Gasteiger partial charge in [-0.3, -0.25) is 17.8 Å². The molecule has 0 aliphatic carbocycles. The van der Waals surface area contributed by atoms with E-state index in [2.05, 4.69) is 19.3 Å². The van der Waals surface area contributed by atoms with E-state index in [-0.39, 0.29) is 0 Å². The lowest BCUT2D eigenvalue weighted by Gasteiger charge is -2.07. The van der Waals surface area contributed by atoms with Crippen molar-refractivity contribution < 1.29 is 37.1 Å². The zero-order chi connectivity index (χ0) is 10.6. The average molecular weight is 283 g/mol. The van der Waals surface area contributed by atoms with Crippen molar-refractivity contribution in [1.29, 1.82) is 0 Å². The lowest BCUT2D eigenvalue weighted by molar-refractivity contribution is 0.223. The fraction of sp³-hybridized carbons (Fsp3) is 0. The van der Waals surface area contributed by atoms with Gasteiger partial charge in [-0.2, -0.15) is 0 Å². The van der Waals surface area contributed by atoms with Gasteiger partial charge in [0.2, 0.25) is 0 Å². The fourth-order valence-corrected chi connectivity index (χ4v) is 5.62. The number of hydrogen-bond donors (Lipinski definition) is 0. The van der Waals surface area contributed by atoms with Crippen LogP contribution in [0.15, 0.2) is 0 Å². The number of hydrogen-bond acceptors (Lipinski definition) is 9. The minimum absolute atomic E-state index is 1.34. The molecule has 0 saturated carbocycles. The Bertz CT molecular complexity index is 267. The van der Waals surface area contributed by atoms with Crippen molar-refractivity contribution in [2.75, 3.05) is 0 Å². The minimum Gasteiger partial charge on any atom is -0.626 e. The minimum atomic E-state index is -3.21. The molecule has 0 spiro atoms. The summed E-state index contributed by atoms with van der Waals surface area (Å²) in [5, 5.41) is 0. The van der Waals surface area contributed by atoms with Crippen LogP contribution in [0, 0.1) is 0 Å². The topological polar surface area (TPSA) is 114 Å². The Morgan fingerprint density at radius 3 is 1.43 bits per heavy atom. The third-order valence-corrected chi connectivity index (χ3v) is 7.10. The summed E-state index contributed by atoms with van der Waals surface area (Å²) in [6.07, 6.45) is 0. The zero-order valence-corrected chi connectivity index (χ0v) is 11.4. The van der Waals surface area contributed by atoms with Gasteiger partial charge in [-0.25, -0.2) is 0 Å². The van der Waals surface area contributed by atoms with E-state index in [4.69, 9.17) is 0 Å². The average Bonchev–Trinajstić information content (AvgIpc) is 2.01. The fourth-order valence-electron chi connectivity index (χ4n) is 0.397. The van der Waals surface area contributed by atoms with Crippen molar-refractivity contribution in [3.63, 3.8) is 0 Å². The first-order valence-corrected chi connectivity index (χ1v) is 8.76. The van der Waals surface area contributed by atoms with Crippen molar-refractivity contribution in [3.05, 3.63) is 0 Å². The Kier molecular flexibility index (Phi) is 4.56. The summed E-state index contributed by atoms with van der Waals surface area (Å²) < 4.78 is 64.2. The number of rotatable bonds is 0. The van der Waals surface area contributed by atoms with Gasteiger partial charge in [-0.05, 0) is 0 Å². The van der Waals surface area contributed by atoms with E-state index in [1.54, 1.807) is 0 Å². The van der Waals surface area contributed by atoms with E-state index < -0.39 is 52.6 Å². The van der Waals surface area contributed by atoms with Crippen LogP contribution in [0.4, 0.5) is 0 Å². The van der Waals surface area contributed by atoms with E-state index in [1.807, 2.05) is 0 Å². The van der Waals surface area contributed by atoms with Crippen molar-refractivity contribution >= 4 is 52.6 Å². The predicted octanol–water partition coefficient (Wildman–Crippen LogP) is -2.72. The second kappa shape index (κ2) is 5.47. The Morgan fingerprint density at radius 1 is 0.643 bits per heavy atom. The first kappa shape index (κ1) is 11.7. The molecule has 1 radical (unpaired) electrons. The Morgan fingerprint density at radius 2 is 1.00 bits per heavy atom. The summed E-state index contributed by atoms with van der Waals surface area (Å²) >= 11 is -1.34. The van der Waals surface area contributed by atoms with Crippen molar-refractivity contribution in [2.45, 2.75) is 0 Å². The lowest BCUT2D eigenvalue weighted by atomic mass is 15.6. The summed E-state index contributed by atoms with van der Waals surface area (Å²) in [6.45, 7) is 0. The molecule has 73 valence electrons. The van der Waals surface area contributed by atoms with Crippen molar-refractivity contribution in [3.8, 4) is 0 Å². The van der Waals surface area contributed by atoms with Crippen LogP contribution in [-0.2, 0) is 37.1 Å². The molecule has 1 saturated heterocycles. The van der Waals surface area contributed by atoms with Crippen LogP contribution < -0.4 is 0 Å². The Labute approximate surface area is 89.9 Å². The largest absolute Gasteiger partial charge is 0.857 e. The lowest BCUT2D eigenvalue weighted by Crippen LogP contribution is -2.33. The van der Waals surface area contributed by atoms with Gasteiger partial charge in [-0.1, -0.05) is 0 Å². The van der Waals surface area contributed by atoms with Crippen LogP contribution in [0.5, 0.6) is 0 Å². The maximum Gasteiger partial charge on any atom is 0.857 e. The standard InChI is InChI=1S/Al.O9Si4/c;1-10(2)7-12(5)9-13(6)8-11(3)4/q+2;-2. The molecule has 14 heteroatoms. The first-order valence-electron chi connectivity index (χ1n) is 2.92. The van der Waals surface area contributed by atoms with Crippen LogP contribution in [0.2, 0.25) is 0 Å². The van der Waals surface area contributed by atoms with Gasteiger partial charge in [0.15, 0.2) is 0 Å². The highest BCUT2D eigenvalue weighted by Crippen LogP contribution is 1.89. The molecule has 0 amide bonds. The molecular weight excluding hydrogens is 283 g/mol. The molecule has 1 fully saturated rings. The van der Waals surface area contributed by atoms with E-state index >= 15 is 0 Å². The van der Waals surface area contributed by atoms with Crippen molar-refractivity contribution in [1.82, 2.24) is 0 Å². The van der Waals surface area contributed by atoms with Gasteiger partial charge in [0.25, 0.3) is 0 Å². The molecule has 0 unspecified atom stereocenters. The van der Waals surface area contributed by atoms with Gasteiger partial charge in [0.05, 0.1) is 0 Å². The highest BCUT2D eigenvalue weighted by Gasteiger charge is 2.33. The molecule has 0 aromatic rings. The van der Waals surface area contributed by atoms with Gasteiger partial charge in [0.1, 0.15) is 0 Å². The molecule has 1 rings (SSSR count). The van der Waals surface area contributed by atoms with Gasteiger partial charge >= 0.3 is 52.6 Å². The predicted molar refractivity (Wildman–Crippen MR) is 36.9 cm³/mol. The van der Waals surface area contributed by atoms with Crippen LogP contribution >= 0.6 is 0 Å². The normalized spacial score (nSPS) is 17.7. The van der Waals surface area contributed by atoms with Crippen LogP contribution in [0.25, 0.3) is 0 Å². The highest BCUT2D eigenvalue weighted by atomic mass is 28.4. The molecular formula is AlO9Si4. The Hall–Kier alpha value is -0.400. The maximum atomic E-state index is 10.7. The smallest absolute Gasteiger partial charge is 0.626 e. The summed E-state index contributed by atoms with van der Waals surface area (Å²) in [6, 6.07) is 0. The molecule has 0 N–H and O–H groups in total. The summed E-state index contributed by atoms with van der Waals surface area (Å²) in [4.78, 5) is 0. The zero-order valence-electron chi connectivity index (χ0n) is 6.25. The quantitative estimate of drug-likeness (QED) is 0.437. The summed E-state index contributed by atoms with van der Waals surface area (Å²) in [5.74, 6) is 0. The molecule has 0 aromatic heterocycles. The van der Waals surface area contributed by atoms with Gasteiger partial charge in [-0.15, -0.1) is 0 Å². The van der Waals surface area contributed by atoms with Gasteiger partial charge in [0, 0.05) is 0 Å². The van der Waals surface area contributed by atoms with E-state index in [1.165, 1.54) is 0 Å². The highest BCUT2D eigenvalue weighted by molar-refractivity contribution is 6.56. The SMILES string of the molecule is O=[Si]1[O][Al][O][Si](=O)O[Si](=O)O[Si](=O)O1. The van der Waals surface area contributed by atoms with E-state index in [9.17, 15) is 17.8 Å². The molecule has 0 atom stereocenters. The van der Waals surface area contributed by atoms with Crippen LogP contribution in [-0.4, -0.2) is 52.6 Å². The molecule has 1 aliphatic heterocycles. The second-order valence-corrected chi connectivity index (χ2v) is 8.17. The second-order valence-electron chi connectivity index (χ2n) is 1.64. The van der Waals surface area contributed by atoms with Crippen LogP contribution in [0.1, 0.15) is 0 Å². The molecule has 1 aliphatic rings. The van der Waals surface area contributed by atoms with Crippen molar-refractivity contribution in [2.24, 2.45) is 0 Å². The molecule has 9 nitrogen and oxygen atoms in total. The first-order chi connectivity index (χ1) is 6.58.